The minimum Gasteiger partial charge on any atom is -0.478 e. The quantitative estimate of drug-likeness (QED) is 0.905. The van der Waals surface area contributed by atoms with Gasteiger partial charge < -0.3 is 10.4 Å². The Morgan fingerprint density at radius 3 is 2.43 bits per heavy atom. The van der Waals surface area contributed by atoms with Crippen LogP contribution in [0.25, 0.3) is 11.3 Å². The van der Waals surface area contributed by atoms with E-state index in [9.17, 15) is 18.4 Å². The number of rotatable bonds is 4. The first kappa shape index (κ1) is 16.5. The average molecular weight is 320 g/mol. The number of halogens is 2. The van der Waals surface area contributed by atoms with Crippen LogP contribution in [0.15, 0.2) is 36.5 Å². The number of alkyl halides is 2. The maximum Gasteiger partial charge on any atom is 0.335 e. The highest BCUT2D eigenvalue weighted by molar-refractivity contribution is 5.98. The van der Waals surface area contributed by atoms with Gasteiger partial charge in [-0.3, -0.25) is 9.78 Å². The van der Waals surface area contributed by atoms with Crippen molar-refractivity contribution >= 4 is 17.6 Å². The molecule has 1 aromatic carbocycles. The SMILES string of the molecule is Cc1ccc(-c2cc(NC(=O)C(C)(F)F)cc(C(=O)O)c2)nc1. The lowest BCUT2D eigenvalue weighted by molar-refractivity contribution is -0.137. The van der Waals surface area contributed by atoms with Gasteiger partial charge in [0.25, 0.3) is 5.91 Å². The van der Waals surface area contributed by atoms with E-state index in [1.165, 1.54) is 12.1 Å². The number of carbonyl (C=O) groups is 2. The van der Waals surface area contributed by atoms with E-state index in [0.29, 0.717) is 18.2 Å². The molecule has 0 radical (unpaired) electrons. The Kier molecular flexibility index (Phi) is 4.40. The number of hydrogen-bond donors (Lipinski definition) is 2. The second kappa shape index (κ2) is 6.12. The number of aromatic carboxylic acids is 1. The van der Waals surface area contributed by atoms with Crippen LogP contribution in [-0.4, -0.2) is 27.9 Å². The zero-order valence-corrected chi connectivity index (χ0v) is 12.4. The van der Waals surface area contributed by atoms with Crippen molar-refractivity contribution in [3.8, 4) is 11.3 Å². The molecule has 0 aliphatic carbocycles. The van der Waals surface area contributed by atoms with Crippen molar-refractivity contribution in [2.45, 2.75) is 19.8 Å². The second-order valence-electron chi connectivity index (χ2n) is 5.17. The smallest absolute Gasteiger partial charge is 0.335 e. The molecule has 0 saturated carbocycles. The van der Waals surface area contributed by atoms with Gasteiger partial charge in [-0.25, -0.2) is 4.79 Å². The van der Waals surface area contributed by atoms with Crippen LogP contribution in [0, 0.1) is 6.92 Å². The molecular weight excluding hydrogens is 306 g/mol. The summed E-state index contributed by atoms with van der Waals surface area (Å²) in [4.78, 5) is 26.7. The Morgan fingerprint density at radius 2 is 1.91 bits per heavy atom. The molecule has 0 aliphatic heterocycles. The maximum absolute atomic E-state index is 13.0. The average Bonchev–Trinajstić information content (AvgIpc) is 2.46. The zero-order valence-electron chi connectivity index (χ0n) is 12.4. The van der Waals surface area contributed by atoms with Gasteiger partial charge in [0.1, 0.15) is 0 Å². The second-order valence-corrected chi connectivity index (χ2v) is 5.17. The van der Waals surface area contributed by atoms with Crippen molar-refractivity contribution in [3.63, 3.8) is 0 Å². The molecule has 5 nitrogen and oxygen atoms in total. The summed E-state index contributed by atoms with van der Waals surface area (Å²) < 4.78 is 26.0. The summed E-state index contributed by atoms with van der Waals surface area (Å²) >= 11 is 0. The fourth-order valence-corrected chi connectivity index (χ4v) is 1.85. The number of carbonyl (C=O) groups excluding carboxylic acids is 1. The topological polar surface area (TPSA) is 79.3 Å². The van der Waals surface area contributed by atoms with Gasteiger partial charge in [-0.15, -0.1) is 0 Å². The Bertz CT molecular complexity index is 753. The van der Waals surface area contributed by atoms with E-state index in [0.717, 1.165) is 11.6 Å². The van der Waals surface area contributed by atoms with Gasteiger partial charge in [0, 0.05) is 24.4 Å². The highest BCUT2D eigenvalue weighted by Gasteiger charge is 2.32. The van der Waals surface area contributed by atoms with Crippen molar-refractivity contribution in [1.29, 1.82) is 0 Å². The van der Waals surface area contributed by atoms with Gasteiger partial charge in [-0.1, -0.05) is 6.07 Å². The summed E-state index contributed by atoms with van der Waals surface area (Å²) in [5.74, 6) is -6.32. The van der Waals surface area contributed by atoms with Gasteiger partial charge in [0.15, 0.2) is 0 Å². The van der Waals surface area contributed by atoms with Gasteiger partial charge in [-0.05, 0) is 36.8 Å². The Balaban J connectivity index is 2.45. The van der Waals surface area contributed by atoms with Crippen molar-refractivity contribution in [1.82, 2.24) is 4.98 Å². The number of hydrogen-bond acceptors (Lipinski definition) is 3. The van der Waals surface area contributed by atoms with Crippen LogP contribution in [0.5, 0.6) is 0 Å². The molecule has 1 heterocycles. The van der Waals surface area contributed by atoms with Crippen LogP contribution < -0.4 is 5.32 Å². The largest absolute Gasteiger partial charge is 0.478 e. The fraction of sp³-hybridized carbons (Fsp3) is 0.188. The highest BCUT2D eigenvalue weighted by Crippen LogP contribution is 2.25. The van der Waals surface area contributed by atoms with Crippen LogP contribution in [0.1, 0.15) is 22.8 Å². The first-order valence-electron chi connectivity index (χ1n) is 6.67. The van der Waals surface area contributed by atoms with Crippen LogP contribution >= 0.6 is 0 Å². The number of aromatic nitrogens is 1. The third-order valence-corrected chi connectivity index (χ3v) is 3.04. The predicted molar refractivity (Wildman–Crippen MR) is 80.6 cm³/mol. The molecule has 120 valence electrons. The van der Waals surface area contributed by atoms with Gasteiger partial charge in [0.2, 0.25) is 0 Å². The molecule has 2 aromatic rings. The minimum atomic E-state index is -3.57. The summed E-state index contributed by atoms with van der Waals surface area (Å²) in [6.45, 7) is 2.31. The number of carboxylic acids is 1. The van der Waals surface area contributed by atoms with Crippen LogP contribution in [0.2, 0.25) is 0 Å². The first-order chi connectivity index (χ1) is 10.7. The number of anilines is 1. The van der Waals surface area contributed by atoms with Gasteiger partial charge >= 0.3 is 11.9 Å². The van der Waals surface area contributed by atoms with E-state index in [4.69, 9.17) is 5.11 Å². The maximum atomic E-state index is 13.0. The lowest BCUT2D eigenvalue weighted by Gasteiger charge is -2.13. The molecule has 0 aliphatic rings. The fourth-order valence-electron chi connectivity index (χ4n) is 1.85. The molecule has 23 heavy (non-hydrogen) atoms. The first-order valence-corrected chi connectivity index (χ1v) is 6.67. The Labute approximate surface area is 131 Å². The minimum absolute atomic E-state index is 0.0335. The van der Waals surface area contributed by atoms with Crippen LogP contribution in [0.4, 0.5) is 14.5 Å². The monoisotopic (exact) mass is 320 g/mol. The summed E-state index contributed by atoms with van der Waals surface area (Å²) in [5, 5.41) is 11.2. The highest BCUT2D eigenvalue weighted by atomic mass is 19.3. The third-order valence-electron chi connectivity index (χ3n) is 3.04. The molecule has 0 spiro atoms. The van der Waals surface area contributed by atoms with Gasteiger partial charge in [-0.2, -0.15) is 8.78 Å². The lowest BCUT2D eigenvalue weighted by atomic mass is 10.1. The van der Waals surface area contributed by atoms with Crippen LogP contribution in [-0.2, 0) is 4.79 Å². The molecule has 7 heteroatoms. The molecule has 0 saturated heterocycles. The number of nitrogens with zero attached hydrogens (tertiary/aromatic N) is 1. The van der Waals surface area contributed by atoms with Crippen molar-refractivity contribution in [3.05, 3.63) is 47.7 Å². The molecular formula is C16H14F2N2O3. The number of amides is 1. The molecule has 0 fully saturated rings. The molecule has 1 aromatic heterocycles. The number of carboxylic acid groups (broad SMARTS) is 1. The number of nitrogens with one attached hydrogen (secondary N) is 1. The van der Waals surface area contributed by atoms with E-state index in [2.05, 4.69) is 4.98 Å². The van der Waals surface area contributed by atoms with E-state index < -0.39 is 17.8 Å². The Hall–Kier alpha value is -2.83. The number of pyridine rings is 1. The molecule has 0 bridgehead atoms. The molecule has 1 amide bonds. The summed E-state index contributed by atoms with van der Waals surface area (Å²) in [5.41, 5.74) is 1.62. The molecule has 0 unspecified atom stereocenters. The van der Waals surface area contributed by atoms with Crippen LogP contribution in [0.3, 0.4) is 0 Å². The lowest BCUT2D eigenvalue weighted by Crippen LogP contribution is -2.31. The number of aryl methyl sites for hydroxylation is 1. The van der Waals surface area contributed by atoms with E-state index >= 15 is 0 Å². The third kappa shape index (κ3) is 4.09. The van der Waals surface area contributed by atoms with Crippen molar-refractivity contribution < 1.29 is 23.5 Å². The molecule has 2 N–H and O–H groups in total. The molecule has 2 rings (SSSR count). The van der Waals surface area contributed by atoms with Crippen molar-refractivity contribution in [2.75, 3.05) is 5.32 Å². The number of benzene rings is 1. The van der Waals surface area contributed by atoms with E-state index in [1.54, 1.807) is 18.3 Å². The van der Waals surface area contributed by atoms with E-state index in [-0.39, 0.29) is 11.3 Å². The van der Waals surface area contributed by atoms with Gasteiger partial charge in [0.05, 0.1) is 11.3 Å². The molecule has 0 atom stereocenters. The standard InChI is InChI=1S/C16H14F2N2O3/c1-9-3-4-13(19-8-9)10-5-11(14(21)22)7-12(6-10)20-15(23)16(2,17)18/h3-8H,1-2H3,(H,20,23)(H,21,22). The Morgan fingerprint density at radius 1 is 1.22 bits per heavy atom. The summed E-state index contributed by atoms with van der Waals surface area (Å²) in [7, 11) is 0. The normalized spacial score (nSPS) is 11.1. The van der Waals surface area contributed by atoms with Crippen molar-refractivity contribution in [2.24, 2.45) is 0 Å². The zero-order chi connectivity index (χ0) is 17.2. The van der Waals surface area contributed by atoms with E-state index in [1.807, 2.05) is 12.2 Å². The summed E-state index contributed by atoms with van der Waals surface area (Å²) in [6, 6.07) is 7.34. The summed E-state index contributed by atoms with van der Waals surface area (Å²) in [6.07, 6.45) is 1.60. The predicted octanol–water partition coefficient (Wildman–Crippen LogP) is 3.35.